The number of nitrogens with one attached hydrogen (secondary N) is 3. The molecule has 1 saturated carbocycles. The molecule has 2 aromatic carbocycles. The molecular weight excluding hydrogens is 490 g/mol. The number of halogens is 6. The highest BCUT2D eigenvalue weighted by molar-refractivity contribution is 5.77. The third-order valence-corrected chi connectivity index (χ3v) is 5.84. The zero-order valence-corrected chi connectivity index (χ0v) is 19.3. The van der Waals surface area contributed by atoms with Crippen LogP contribution in [0.2, 0.25) is 0 Å². The van der Waals surface area contributed by atoms with Gasteiger partial charge in [-0.3, -0.25) is 4.79 Å². The second-order valence-electron chi connectivity index (χ2n) is 8.58. The summed E-state index contributed by atoms with van der Waals surface area (Å²) in [5, 5.41) is 8.71. The first-order valence-corrected chi connectivity index (χ1v) is 11.4. The Morgan fingerprint density at radius 3 is 2.14 bits per heavy atom. The Morgan fingerprint density at radius 1 is 0.889 bits per heavy atom. The molecule has 1 amide bonds. The van der Waals surface area contributed by atoms with E-state index in [0.29, 0.717) is 43.6 Å². The first kappa shape index (κ1) is 27.4. The molecule has 1 aliphatic carbocycles. The maximum absolute atomic E-state index is 13.0. The quantitative estimate of drug-likeness (QED) is 0.206. The molecule has 6 nitrogen and oxygen atoms in total. The fraction of sp³-hybridized carbons (Fsp3) is 0.458. The van der Waals surface area contributed by atoms with Crippen LogP contribution in [-0.2, 0) is 21.9 Å². The third kappa shape index (κ3) is 8.21. The average Bonchev–Trinajstić information content (AvgIpc) is 2.81. The molecule has 1 fully saturated rings. The summed E-state index contributed by atoms with van der Waals surface area (Å²) in [4.78, 5) is 12.0. The van der Waals surface area contributed by atoms with Gasteiger partial charge < -0.3 is 26.4 Å². The highest BCUT2D eigenvalue weighted by Crippen LogP contribution is 2.36. The van der Waals surface area contributed by atoms with Crippen molar-refractivity contribution in [1.29, 1.82) is 0 Å². The Morgan fingerprint density at radius 2 is 1.53 bits per heavy atom. The largest absolute Gasteiger partial charge is 0.418 e. The normalized spacial score (nSPS) is 18.5. The van der Waals surface area contributed by atoms with Gasteiger partial charge in [0.05, 0.1) is 17.2 Å². The van der Waals surface area contributed by atoms with Gasteiger partial charge in [-0.15, -0.1) is 0 Å². The van der Waals surface area contributed by atoms with Crippen molar-refractivity contribution in [3.63, 3.8) is 0 Å². The molecule has 36 heavy (non-hydrogen) atoms. The maximum atomic E-state index is 13.0. The van der Waals surface area contributed by atoms with Crippen LogP contribution in [0, 0.1) is 0 Å². The van der Waals surface area contributed by atoms with E-state index in [1.807, 2.05) is 0 Å². The highest BCUT2D eigenvalue weighted by atomic mass is 19.4. The zero-order valence-electron chi connectivity index (χ0n) is 19.3. The summed E-state index contributed by atoms with van der Waals surface area (Å²) in [5.74, 6) is -0.314. The minimum atomic E-state index is -4.52. The van der Waals surface area contributed by atoms with Gasteiger partial charge in [0.15, 0.2) is 0 Å². The SMILES string of the molecule is Nc1ccc(NC2CCC(OCC(=O)NCCNc3ccc(C(F)(F)F)cc3)CC2)cc1C(F)(F)F. The van der Waals surface area contributed by atoms with Gasteiger partial charge in [0.1, 0.15) is 6.61 Å². The third-order valence-electron chi connectivity index (χ3n) is 5.84. The number of rotatable bonds is 9. The predicted molar refractivity (Wildman–Crippen MR) is 124 cm³/mol. The van der Waals surface area contributed by atoms with Crippen LogP contribution in [0.4, 0.5) is 43.4 Å². The van der Waals surface area contributed by atoms with Crippen LogP contribution >= 0.6 is 0 Å². The van der Waals surface area contributed by atoms with Crippen LogP contribution in [0.15, 0.2) is 42.5 Å². The molecule has 0 aromatic heterocycles. The van der Waals surface area contributed by atoms with Crippen LogP contribution in [0.5, 0.6) is 0 Å². The zero-order chi connectivity index (χ0) is 26.3. The number of benzene rings is 2. The van der Waals surface area contributed by atoms with E-state index in [0.717, 1.165) is 18.2 Å². The summed E-state index contributed by atoms with van der Waals surface area (Å²) < 4.78 is 82.5. The molecule has 0 spiro atoms. The Bertz CT molecular complexity index is 1000. The van der Waals surface area contributed by atoms with E-state index in [9.17, 15) is 31.1 Å². The Balaban J connectivity index is 1.31. The molecule has 0 aliphatic heterocycles. The molecule has 3 rings (SSSR count). The van der Waals surface area contributed by atoms with Crippen molar-refractivity contribution in [3.05, 3.63) is 53.6 Å². The lowest BCUT2D eigenvalue weighted by Crippen LogP contribution is -2.35. The van der Waals surface area contributed by atoms with Crippen molar-refractivity contribution >= 4 is 23.0 Å². The Kier molecular flexibility index (Phi) is 8.93. The number of carbonyl (C=O) groups excluding carboxylic acids is 1. The lowest BCUT2D eigenvalue weighted by atomic mass is 9.92. The summed E-state index contributed by atoms with van der Waals surface area (Å²) >= 11 is 0. The van der Waals surface area contributed by atoms with Gasteiger partial charge >= 0.3 is 12.4 Å². The molecule has 0 radical (unpaired) electrons. The summed E-state index contributed by atoms with van der Waals surface area (Å²) in [5.41, 5.74) is 4.37. The number of hydrogen-bond acceptors (Lipinski definition) is 5. The molecule has 0 unspecified atom stereocenters. The van der Waals surface area contributed by atoms with Crippen LogP contribution in [0.3, 0.4) is 0 Å². The lowest BCUT2D eigenvalue weighted by Gasteiger charge is -2.30. The van der Waals surface area contributed by atoms with Crippen molar-refractivity contribution in [1.82, 2.24) is 5.32 Å². The van der Waals surface area contributed by atoms with Crippen molar-refractivity contribution in [3.8, 4) is 0 Å². The van der Waals surface area contributed by atoms with Crippen molar-refractivity contribution < 1.29 is 35.9 Å². The molecule has 1 aliphatic rings. The van der Waals surface area contributed by atoms with Gasteiger partial charge in [0, 0.05) is 36.2 Å². The number of ether oxygens (including phenoxy) is 1. The molecule has 12 heteroatoms. The first-order valence-electron chi connectivity index (χ1n) is 11.4. The molecular formula is C24H28F6N4O2. The summed E-state index contributed by atoms with van der Waals surface area (Å²) in [7, 11) is 0. The van der Waals surface area contributed by atoms with Gasteiger partial charge in [-0.25, -0.2) is 0 Å². The summed E-state index contributed by atoms with van der Waals surface area (Å²) in [6.07, 6.45) is -6.38. The number of alkyl halides is 6. The van der Waals surface area contributed by atoms with Crippen LogP contribution in [0.1, 0.15) is 36.8 Å². The fourth-order valence-electron chi connectivity index (χ4n) is 3.93. The van der Waals surface area contributed by atoms with Crippen molar-refractivity contribution in [2.75, 3.05) is 36.1 Å². The predicted octanol–water partition coefficient (Wildman–Crippen LogP) is 5.27. The Hall–Kier alpha value is -3.15. The topological polar surface area (TPSA) is 88.4 Å². The first-order chi connectivity index (χ1) is 16.9. The number of nitrogens with two attached hydrogens (primary N) is 1. The molecule has 0 heterocycles. The van der Waals surface area contributed by atoms with E-state index < -0.39 is 23.5 Å². The molecule has 0 saturated heterocycles. The monoisotopic (exact) mass is 518 g/mol. The fourth-order valence-corrected chi connectivity index (χ4v) is 3.93. The molecule has 198 valence electrons. The number of hydrogen-bond donors (Lipinski definition) is 4. The van der Waals surface area contributed by atoms with E-state index in [1.54, 1.807) is 0 Å². The molecule has 0 atom stereocenters. The molecule has 5 N–H and O–H groups in total. The van der Waals surface area contributed by atoms with E-state index in [1.165, 1.54) is 24.3 Å². The van der Waals surface area contributed by atoms with Crippen LogP contribution < -0.4 is 21.7 Å². The maximum Gasteiger partial charge on any atom is 0.418 e. The van der Waals surface area contributed by atoms with Crippen LogP contribution in [0.25, 0.3) is 0 Å². The minimum absolute atomic E-state index is 0.0142. The Labute approximate surface area is 204 Å². The van der Waals surface area contributed by atoms with E-state index in [4.69, 9.17) is 10.5 Å². The average molecular weight is 519 g/mol. The van der Waals surface area contributed by atoms with E-state index >= 15 is 0 Å². The smallest absolute Gasteiger partial charge is 0.398 e. The summed E-state index contributed by atoms with van der Waals surface area (Å²) in [6.45, 7) is 0.465. The van der Waals surface area contributed by atoms with Gasteiger partial charge in [-0.2, -0.15) is 26.3 Å². The number of carbonyl (C=O) groups is 1. The second kappa shape index (κ2) is 11.7. The van der Waals surface area contributed by atoms with Gasteiger partial charge in [0.25, 0.3) is 0 Å². The molecule has 0 bridgehead atoms. The van der Waals surface area contributed by atoms with E-state index in [2.05, 4.69) is 16.0 Å². The second-order valence-corrected chi connectivity index (χ2v) is 8.58. The lowest BCUT2D eigenvalue weighted by molar-refractivity contribution is -0.138. The summed E-state index contributed by atoms with van der Waals surface area (Å²) in [6, 6.07) is 8.35. The van der Waals surface area contributed by atoms with Crippen molar-refractivity contribution in [2.24, 2.45) is 0 Å². The van der Waals surface area contributed by atoms with Gasteiger partial charge in [-0.05, 0) is 68.1 Å². The van der Waals surface area contributed by atoms with Gasteiger partial charge in [0.2, 0.25) is 5.91 Å². The number of anilines is 3. The van der Waals surface area contributed by atoms with Crippen molar-refractivity contribution in [2.45, 2.75) is 50.2 Å². The van der Waals surface area contributed by atoms with E-state index in [-0.39, 0.29) is 36.9 Å². The number of amides is 1. The molecule has 2 aromatic rings. The van der Waals surface area contributed by atoms with Gasteiger partial charge in [-0.1, -0.05) is 0 Å². The highest BCUT2D eigenvalue weighted by Gasteiger charge is 2.33. The minimum Gasteiger partial charge on any atom is -0.398 e. The number of nitrogen functional groups attached to an aromatic ring is 1. The van der Waals surface area contributed by atoms with Crippen LogP contribution in [-0.4, -0.2) is 37.7 Å². The standard InChI is InChI=1S/C24H28F6N4O2/c25-23(26,27)15-1-3-16(4-2-15)32-11-12-33-22(35)14-36-19-8-5-17(6-9-19)34-18-7-10-21(31)20(13-18)24(28,29)30/h1-4,7,10,13,17,19,32,34H,5-6,8-9,11-12,14,31H2,(H,33,35).